The fourth-order valence-electron chi connectivity index (χ4n) is 2.54. The predicted octanol–water partition coefficient (Wildman–Crippen LogP) is 0.790. The zero-order valence-corrected chi connectivity index (χ0v) is 12.5. The Morgan fingerprint density at radius 3 is 2.80 bits per heavy atom. The first-order chi connectivity index (χ1) is 9.54. The van der Waals surface area contributed by atoms with E-state index in [0.29, 0.717) is 13.1 Å². The van der Waals surface area contributed by atoms with Crippen molar-refractivity contribution in [3.05, 3.63) is 30.1 Å². The molecule has 112 valence electrons. The van der Waals surface area contributed by atoms with Crippen molar-refractivity contribution in [1.82, 2.24) is 14.0 Å². The lowest BCUT2D eigenvalue weighted by Gasteiger charge is -2.34. The Balaban J connectivity index is 2.10. The standard InChI is InChI=1S/C13H22N4O2S/c1-11(12-5-7-15-8-6-12)16-20(18,19)17-9-3-2-4-13(17)10-14/h5-8,11,13,16H,2-4,9-10,14H2,1H3. The Bertz CT molecular complexity index is 520. The van der Waals surface area contributed by atoms with Crippen LogP contribution in [0.4, 0.5) is 0 Å². The molecule has 1 saturated heterocycles. The van der Waals surface area contributed by atoms with Crippen LogP contribution in [-0.4, -0.2) is 36.8 Å². The first-order valence-corrected chi connectivity index (χ1v) is 8.37. The molecule has 3 N–H and O–H groups in total. The maximum atomic E-state index is 12.5. The highest BCUT2D eigenvalue weighted by atomic mass is 32.2. The van der Waals surface area contributed by atoms with Gasteiger partial charge in [-0.2, -0.15) is 17.4 Å². The number of pyridine rings is 1. The number of hydrogen-bond donors (Lipinski definition) is 2. The van der Waals surface area contributed by atoms with Gasteiger partial charge in [0.1, 0.15) is 0 Å². The molecule has 0 radical (unpaired) electrons. The Kier molecular flexibility index (Phi) is 5.09. The van der Waals surface area contributed by atoms with Crippen molar-refractivity contribution in [2.45, 2.75) is 38.3 Å². The summed E-state index contributed by atoms with van der Waals surface area (Å²) in [6, 6.07) is 3.24. The largest absolute Gasteiger partial charge is 0.329 e. The smallest absolute Gasteiger partial charge is 0.280 e. The molecule has 1 aromatic rings. The number of nitrogens with one attached hydrogen (secondary N) is 1. The third kappa shape index (κ3) is 3.54. The highest BCUT2D eigenvalue weighted by molar-refractivity contribution is 7.87. The van der Waals surface area contributed by atoms with Gasteiger partial charge in [0, 0.05) is 37.6 Å². The van der Waals surface area contributed by atoms with E-state index in [9.17, 15) is 8.42 Å². The first kappa shape index (κ1) is 15.4. The van der Waals surface area contributed by atoms with Crippen LogP contribution in [0.1, 0.15) is 37.8 Å². The van der Waals surface area contributed by atoms with Crippen molar-refractivity contribution in [3.8, 4) is 0 Å². The lowest BCUT2D eigenvalue weighted by Crippen LogP contribution is -2.52. The summed E-state index contributed by atoms with van der Waals surface area (Å²) in [6.45, 7) is 2.74. The average Bonchev–Trinajstić information content (AvgIpc) is 2.47. The summed E-state index contributed by atoms with van der Waals surface area (Å²) in [6.07, 6.45) is 6.07. The number of nitrogens with two attached hydrogens (primary N) is 1. The van der Waals surface area contributed by atoms with Crippen molar-refractivity contribution in [3.63, 3.8) is 0 Å². The first-order valence-electron chi connectivity index (χ1n) is 6.93. The van der Waals surface area contributed by atoms with E-state index in [0.717, 1.165) is 24.8 Å². The molecule has 0 saturated carbocycles. The molecule has 7 heteroatoms. The molecule has 0 amide bonds. The highest BCUT2D eigenvalue weighted by Crippen LogP contribution is 2.21. The van der Waals surface area contributed by atoms with Crippen LogP contribution in [0.5, 0.6) is 0 Å². The van der Waals surface area contributed by atoms with Crippen molar-refractivity contribution >= 4 is 10.2 Å². The topological polar surface area (TPSA) is 88.3 Å². The van der Waals surface area contributed by atoms with E-state index in [4.69, 9.17) is 5.73 Å². The zero-order valence-electron chi connectivity index (χ0n) is 11.7. The second kappa shape index (κ2) is 6.62. The number of rotatable bonds is 5. The van der Waals surface area contributed by atoms with Crippen LogP contribution < -0.4 is 10.5 Å². The van der Waals surface area contributed by atoms with Crippen molar-refractivity contribution in [2.24, 2.45) is 5.73 Å². The van der Waals surface area contributed by atoms with E-state index < -0.39 is 10.2 Å². The van der Waals surface area contributed by atoms with Crippen LogP contribution in [0.3, 0.4) is 0 Å². The minimum Gasteiger partial charge on any atom is -0.329 e. The Morgan fingerprint density at radius 1 is 1.45 bits per heavy atom. The molecular formula is C13H22N4O2S. The minimum absolute atomic E-state index is 0.0918. The summed E-state index contributed by atoms with van der Waals surface area (Å²) in [5.74, 6) is 0. The van der Waals surface area contributed by atoms with Crippen molar-refractivity contribution in [1.29, 1.82) is 0 Å². The molecule has 2 unspecified atom stereocenters. The minimum atomic E-state index is -3.51. The molecule has 0 bridgehead atoms. The molecule has 6 nitrogen and oxygen atoms in total. The molecule has 2 atom stereocenters. The summed E-state index contributed by atoms with van der Waals surface area (Å²) < 4.78 is 29.2. The van der Waals surface area contributed by atoms with Crippen LogP contribution in [0.2, 0.25) is 0 Å². The van der Waals surface area contributed by atoms with Gasteiger partial charge in [0.05, 0.1) is 0 Å². The molecular weight excluding hydrogens is 276 g/mol. The van der Waals surface area contributed by atoms with Crippen molar-refractivity contribution < 1.29 is 8.42 Å². The normalized spacial score (nSPS) is 22.6. The summed E-state index contributed by atoms with van der Waals surface area (Å²) in [5.41, 5.74) is 6.58. The van der Waals surface area contributed by atoms with E-state index in [-0.39, 0.29) is 12.1 Å². The summed E-state index contributed by atoms with van der Waals surface area (Å²) in [7, 11) is -3.51. The molecule has 1 aromatic heterocycles. The van der Waals surface area contributed by atoms with E-state index in [2.05, 4.69) is 9.71 Å². The van der Waals surface area contributed by atoms with E-state index in [1.165, 1.54) is 4.31 Å². The van der Waals surface area contributed by atoms with E-state index in [1.54, 1.807) is 12.4 Å². The van der Waals surface area contributed by atoms with Gasteiger partial charge in [-0.3, -0.25) is 4.98 Å². The Hall–Kier alpha value is -1.02. The molecule has 2 rings (SSSR count). The molecule has 1 aliphatic heterocycles. The van der Waals surface area contributed by atoms with Gasteiger partial charge in [-0.1, -0.05) is 6.42 Å². The molecule has 0 aromatic carbocycles. The van der Waals surface area contributed by atoms with Gasteiger partial charge in [0.25, 0.3) is 10.2 Å². The second-order valence-corrected chi connectivity index (χ2v) is 6.78. The number of piperidine rings is 1. The second-order valence-electron chi connectivity index (χ2n) is 5.12. The molecule has 2 heterocycles. The summed E-state index contributed by atoms with van der Waals surface area (Å²) >= 11 is 0. The maximum absolute atomic E-state index is 12.5. The number of aromatic nitrogens is 1. The fraction of sp³-hybridized carbons (Fsp3) is 0.615. The van der Waals surface area contributed by atoms with Crippen LogP contribution >= 0.6 is 0 Å². The zero-order chi connectivity index (χ0) is 14.6. The van der Waals surface area contributed by atoms with Gasteiger partial charge in [-0.25, -0.2) is 0 Å². The third-order valence-electron chi connectivity index (χ3n) is 3.69. The van der Waals surface area contributed by atoms with Crippen molar-refractivity contribution in [2.75, 3.05) is 13.1 Å². The molecule has 0 spiro atoms. The quantitative estimate of drug-likeness (QED) is 0.841. The van der Waals surface area contributed by atoms with Crippen LogP contribution in [0, 0.1) is 0 Å². The van der Waals surface area contributed by atoms with Gasteiger partial charge in [-0.15, -0.1) is 0 Å². The van der Waals surface area contributed by atoms with Crippen LogP contribution in [-0.2, 0) is 10.2 Å². The summed E-state index contributed by atoms with van der Waals surface area (Å²) in [5, 5.41) is 0. The molecule has 1 aliphatic rings. The average molecular weight is 298 g/mol. The lowest BCUT2D eigenvalue weighted by atomic mass is 10.1. The number of hydrogen-bond acceptors (Lipinski definition) is 4. The van der Waals surface area contributed by atoms with Gasteiger partial charge >= 0.3 is 0 Å². The molecule has 1 fully saturated rings. The van der Waals surface area contributed by atoms with Gasteiger partial charge in [0.15, 0.2) is 0 Å². The van der Waals surface area contributed by atoms with Crippen LogP contribution in [0.15, 0.2) is 24.5 Å². The van der Waals surface area contributed by atoms with Gasteiger partial charge in [0.2, 0.25) is 0 Å². The summed E-state index contributed by atoms with van der Waals surface area (Å²) in [4.78, 5) is 3.94. The van der Waals surface area contributed by atoms with E-state index in [1.807, 2.05) is 19.1 Å². The van der Waals surface area contributed by atoms with Crippen LogP contribution in [0.25, 0.3) is 0 Å². The van der Waals surface area contributed by atoms with Gasteiger partial charge < -0.3 is 5.73 Å². The fourth-order valence-corrected chi connectivity index (χ4v) is 4.21. The Labute approximate surface area is 120 Å². The third-order valence-corrected chi connectivity index (χ3v) is 5.44. The maximum Gasteiger partial charge on any atom is 0.280 e. The molecule has 20 heavy (non-hydrogen) atoms. The number of nitrogens with zero attached hydrogens (tertiary/aromatic N) is 2. The lowest BCUT2D eigenvalue weighted by molar-refractivity contribution is 0.253. The predicted molar refractivity (Wildman–Crippen MR) is 78.1 cm³/mol. The highest BCUT2D eigenvalue weighted by Gasteiger charge is 2.32. The molecule has 0 aliphatic carbocycles. The Morgan fingerprint density at radius 2 is 2.15 bits per heavy atom. The van der Waals surface area contributed by atoms with Gasteiger partial charge in [-0.05, 0) is 37.5 Å². The SMILES string of the molecule is CC(NS(=O)(=O)N1CCCCC1CN)c1ccncc1. The monoisotopic (exact) mass is 298 g/mol. The van der Waals surface area contributed by atoms with E-state index >= 15 is 0 Å².